The standard InChI is InChI=1S/C27H32F3N5O2/c1-18-24(19(2)32-17-31-18)25(37)35-12-20-10-33(11-21(20)13-35)9-8-26(22-6-4-3-5-7-22)15-34(16-26)14-23(36)27(28,29)30/h3-7,17,20-21H,8-16H2,1-2H3. The predicted molar refractivity (Wildman–Crippen MR) is 131 cm³/mol. The molecule has 4 heterocycles. The molecule has 0 spiro atoms. The molecule has 2 aromatic rings. The molecule has 198 valence electrons. The van der Waals surface area contributed by atoms with Crippen LogP contribution in [-0.2, 0) is 10.2 Å². The maximum absolute atomic E-state index is 13.2. The minimum Gasteiger partial charge on any atom is -0.338 e. The number of Topliss-reactive ketones (excluding diaryl/α,β-unsaturated/α-hetero) is 1. The lowest BCUT2D eigenvalue weighted by molar-refractivity contribution is -0.173. The zero-order valence-corrected chi connectivity index (χ0v) is 21.2. The number of fused-ring (bicyclic) bond motifs is 1. The van der Waals surface area contributed by atoms with E-state index in [1.807, 2.05) is 49.1 Å². The number of hydrogen-bond donors (Lipinski definition) is 0. The van der Waals surface area contributed by atoms with Crippen molar-refractivity contribution >= 4 is 11.7 Å². The van der Waals surface area contributed by atoms with E-state index < -0.39 is 18.5 Å². The van der Waals surface area contributed by atoms with Gasteiger partial charge in [0, 0.05) is 44.7 Å². The molecular formula is C27H32F3N5O2. The van der Waals surface area contributed by atoms with Crippen LogP contribution in [0, 0.1) is 25.7 Å². The SMILES string of the molecule is Cc1ncnc(C)c1C(=O)N1CC2CN(CCC3(c4ccccc4)CN(CC(=O)C(F)(F)F)C3)CC2C1. The highest BCUT2D eigenvalue weighted by Crippen LogP contribution is 2.40. The third kappa shape index (κ3) is 5.13. The highest BCUT2D eigenvalue weighted by molar-refractivity contribution is 5.96. The van der Waals surface area contributed by atoms with Gasteiger partial charge in [0.05, 0.1) is 23.5 Å². The second-order valence-electron chi connectivity index (χ2n) is 10.9. The Balaban J connectivity index is 1.18. The van der Waals surface area contributed by atoms with Crippen LogP contribution >= 0.6 is 0 Å². The molecule has 3 aliphatic heterocycles. The zero-order chi connectivity index (χ0) is 26.4. The molecule has 1 aromatic heterocycles. The summed E-state index contributed by atoms with van der Waals surface area (Å²) in [5, 5.41) is 0. The summed E-state index contributed by atoms with van der Waals surface area (Å²) in [4.78, 5) is 39.0. The smallest absolute Gasteiger partial charge is 0.338 e. The fraction of sp³-hybridized carbons (Fsp3) is 0.556. The van der Waals surface area contributed by atoms with Crippen LogP contribution in [0.3, 0.4) is 0 Å². The number of halogens is 3. The van der Waals surface area contributed by atoms with Gasteiger partial charge in [-0.25, -0.2) is 9.97 Å². The second-order valence-corrected chi connectivity index (χ2v) is 10.9. The van der Waals surface area contributed by atoms with Crippen LogP contribution in [0.1, 0.15) is 33.7 Å². The first-order chi connectivity index (χ1) is 17.6. The molecule has 0 aliphatic carbocycles. The number of carbonyl (C=O) groups excluding carboxylic acids is 2. The molecule has 3 saturated heterocycles. The Morgan fingerprint density at radius 3 is 2.11 bits per heavy atom. The summed E-state index contributed by atoms with van der Waals surface area (Å²) < 4.78 is 38.3. The van der Waals surface area contributed by atoms with E-state index in [2.05, 4.69) is 14.9 Å². The number of amides is 1. The van der Waals surface area contributed by atoms with Crippen LogP contribution in [0.5, 0.6) is 0 Å². The third-order valence-electron chi connectivity index (χ3n) is 8.32. The van der Waals surface area contributed by atoms with Crippen LogP contribution in [0.4, 0.5) is 13.2 Å². The number of nitrogens with zero attached hydrogens (tertiary/aromatic N) is 5. The van der Waals surface area contributed by atoms with Gasteiger partial charge in [0.1, 0.15) is 6.33 Å². The summed E-state index contributed by atoms with van der Waals surface area (Å²) in [5.74, 6) is -0.871. The number of rotatable bonds is 7. The van der Waals surface area contributed by atoms with Crippen molar-refractivity contribution < 1.29 is 22.8 Å². The molecule has 2 atom stereocenters. The summed E-state index contributed by atoms with van der Waals surface area (Å²) >= 11 is 0. The van der Waals surface area contributed by atoms with Gasteiger partial charge in [0.25, 0.3) is 5.91 Å². The first-order valence-electron chi connectivity index (χ1n) is 12.7. The number of alkyl halides is 3. The van der Waals surface area contributed by atoms with E-state index in [0.717, 1.165) is 31.6 Å². The molecule has 0 N–H and O–H groups in total. The fourth-order valence-corrected chi connectivity index (χ4v) is 6.36. The molecule has 0 saturated carbocycles. The summed E-state index contributed by atoms with van der Waals surface area (Å²) in [5.41, 5.74) is 2.86. The van der Waals surface area contributed by atoms with Crippen LogP contribution in [0.2, 0.25) is 0 Å². The molecule has 1 aromatic carbocycles. The van der Waals surface area contributed by atoms with E-state index in [1.54, 1.807) is 4.90 Å². The molecule has 3 aliphatic rings. The quantitative estimate of drug-likeness (QED) is 0.565. The molecule has 0 radical (unpaired) electrons. The average Bonchev–Trinajstić information content (AvgIpc) is 3.39. The van der Waals surface area contributed by atoms with E-state index in [4.69, 9.17) is 0 Å². The number of aromatic nitrogens is 2. The molecule has 10 heteroatoms. The van der Waals surface area contributed by atoms with E-state index in [9.17, 15) is 22.8 Å². The fourth-order valence-electron chi connectivity index (χ4n) is 6.36. The van der Waals surface area contributed by atoms with Crippen molar-refractivity contribution in [3.8, 4) is 0 Å². The largest absolute Gasteiger partial charge is 0.451 e. The molecular weight excluding hydrogens is 483 g/mol. The highest BCUT2D eigenvalue weighted by atomic mass is 19.4. The summed E-state index contributed by atoms with van der Waals surface area (Å²) in [7, 11) is 0. The van der Waals surface area contributed by atoms with E-state index in [0.29, 0.717) is 55.0 Å². The molecule has 2 unspecified atom stereocenters. The maximum atomic E-state index is 13.2. The van der Waals surface area contributed by atoms with Crippen molar-refractivity contribution in [2.45, 2.75) is 31.9 Å². The first kappa shape index (κ1) is 25.8. The molecule has 7 nitrogen and oxygen atoms in total. The topological polar surface area (TPSA) is 69.6 Å². The average molecular weight is 516 g/mol. The third-order valence-corrected chi connectivity index (χ3v) is 8.32. The Morgan fingerprint density at radius 1 is 0.946 bits per heavy atom. The van der Waals surface area contributed by atoms with Gasteiger partial charge in [-0.1, -0.05) is 30.3 Å². The van der Waals surface area contributed by atoms with E-state index in [-0.39, 0.29) is 11.3 Å². The summed E-state index contributed by atoms with van der Waals surface area (Å²) in [6, 6.07) is 9.90. The normalized spacial score (nSPS) is 23.6. The lowest BCUT2D eigenvalue weighted by Gasteiger charge is -2.51. The van der Waals surface area contributed by atoms with Crippen molar-refractivity contribution in [1.82, 2.24) is 24.7 Å². The van der Waals surface area contributed by atoms with E-state index in [1.165, 1.54) is 6.33 Å². The lowest BCUT2D eigenvalue weighted by Crippen LogP contribution is -2.61. The first-order valence-corrected chi connectivity index (χ1v) is 12.7. The van der Waals surface area contributed by atoms with Gasteiger partial charge in [-0.15, -0.1) is 0 Å². The number of benzene rings is 1. The van der Waals surface area contributed by atoms with Crippen LogP contribution in [-0.4, -0.2) is 94.9 Å². The number of ketones is 1. The van der Waals surface area contributed by atoms with Crippen LogP contribution in [0.15, 0.2) is 36.7 Å². The molecule has 3 fully saturated rings. The number of likely N-dealkylation sites (tertiary alicyclic amines) is 3. The van der Waals surface area contributed by atoms with Crippen molar-refractivity contribution in [2.24, 2.45) is 11.8 Å². The van der Waals surface area contributed by atoms with Gasteiger partial charge in [-0.2, -0.15) is 13.2 Å². The van der Waals surface area contributed by atoms with Gasteiger partial charge >= 0.3 is 6.18 Å². The number of carbonyl (C=O) groups is 2. The Hall–Kier alpha value is -2.85. The van der Waals surface area contributed by atoms with Gasteiger partial charge in [-0.05, 0) is 44.2 Å². The number of hydrogen-bond acceptors (Lipinski definition) is 6. The minimum atomic E-state index is -4.79. The minimum absolute atomic E-state index is 0.00236. The lowest BCUT2D eigenvalue weighted by atomic mass is 9.71. The summed E-state index contributed by atoms with van der Waals surface area (Å²) in [6.07, 6.45) is -2.50. The van der Waals surface area contributed by atoms with Crippen molar-refractivity contribution in [2.75, 3.05) is 52.4 Å². The van der Waals surface area contributed by atoms with Gasteiger partial charge in [-0.3, -0.25) is 14.5 Å². The van der Waals surface area contributed by atoms with E-state index >= 15 is 0 Å². The van der Waals surface area contributed by atoms with Gasteiger partial charge in [0.2, 0.25) is 5.78 Å². The molecule has 5 rings (SSSR count). The summed E-state index contributed by atoms with van der Waals surface area (Å²) in [6.45, 7) is 8.04. The Morgan fingerprint density at radius 2 is 1.54 bits per heavy atom. The molecule has 37 heavy (non-hydrogen) atoms. The van der Waals surface area contributed by atoms with Gasteiger partial charge < -0.3 is 9.80 Å². The van der Waals surface area contributed by atoms with Crippen LogP contribution in [0.25, 0.3) is 0 Å². The molecule has 0 bridgehead atoms. The maximum Gasteiger partial charge on any atom is 0.451 e. The highest BCUT2D eigenvalue weighted by Gasteiger charge is 2.49. The van der Waals surface area contributed by atoms with Crippen molar-refractivity contribution in [1.29, 1.82) is 0 Å². The van der Waals surface area contributed by atoms with Crippen molar-refractivity contribution in [3.05, 3.63) is 59.2 Å². The zero-order valence-electron chi connectivity index (χ0n) is 21.2. The Kier molecular flexibility index (Phi) is 6.83. The Labute approximate surface area is 214 Å². The second kappa shape index (κ2) is 9.79. The predicted octanol–water partition coefficient (Wildman–Crippen LogP) is 2.87. The number of aryl methyl sites for hydroxylation is 2. The molecule has 1 amide bonds. The van der Waals surface area contributed by atoms with Crippen molar-refractivity contribution in [3.63, 3.8) is 0 Å². The Bertz CT molecular complexity index is 1130. The van der Waals surface area contributed by atoms with Crippen LogP contribution < -0.4 is 0 Å². The van der Waals surface area contributed by atoms with Gasteiger partial charge in [0.15, 0.2) is 0 Å². The monoisotopic (exact) mass is 515 g/mol.